The molecule has 0 heterocycles. The molecule has 0 saturated carbocycles. The van der Waals surface area contributed by atoms with Crippen molar-refractivity contribution in [2.75, 3.05) is 27.4 Å². The first-order chi connectivity index (χ1) is 13.8. The van der Waals surface area contributed by atoms with Crippen molar-refractivity contribution in [3.63, 3.8) is 0 Å². The lowest BCUT2D eigenvalue weighted by molar-refractivity contribution is -0.120. The van der Waals surface area contributed by atoms with Gasteiger partial charge in [-0.05, 0) is 37.6 Å². The number of hydrogen-bond donors (Lipinski definition) is 1. The molecular weight excluding hydrogens is 378 g/mol. The van der Waals surface area contributed by atoms with Crippen LogP contribution < -0.4 is 19.9 Å². The predicted molar refractivity (Wildman–Crippen MR) is 105 cm³/mol. The zero-order valence-corrected chi connectivity index (χ0v) is 16.7. The third-order valence-corrected chi connectivity index (χ3v) is 4.08. The molecular formula is C21H23NO7. The van der Waals surface area contributed by atoms with Gasteiger partial charge in [-0.3, -0.25) is 9.59 Å². The largest absolute Gasteiger partial charge is 0.493 e. The van der Waals surface area contributed by atoms with E-state index in [9.17, 15) is 14.4 Å². The molecule has 0 unspecified atom stereocenters. The predicted octanol–water partition coefficient (Wildman–Crippen LogP) is 2.22. The summed E-state index contributed by atoms with van der Waals surface area (Å²) in [5.41, 5.74) is 7.42. The number of benzene rings is 2. The van der Waals surface area contributed by atoms with Gasteiger partial charge in [-0.15, -0.1) is 0 Å². The van der Waals surface area contributed by atoms with E-state index in [4.69, 9.17) is 24.7 Å². The quantitative estimate of drug-likeness (QED) is 0.506. The van der Waals surface area contributed by atoms with Crippen LogP contribution >= 0.6 is 0 Å². The van der Waals surface area contributed by atoms with Crippen molar-refractivity contribution in [2.45, 2.75) is 13.8 Å². The van der Waals surface area contributed by atoms with E-state index < -0.39 is 18.5 Å². The second-order valence-electron chi connectivity index (χ2n) is 6.28. The lowest BCUT2D eigenvalue weighted by Gasteiger charge is -2.15. The van der Waals surface area contributed by atoms with Crippen molar-refractivity contribution < 1.29 is 33.3 Å². The highest BCUT2D eigenvalue weighted by Gasteiger charge is 2.20. The number of primary amides is 1. The van der Waals surface area contributed by atoms with Crippen molar-refractivity contribution in [3.8, 4) is 17.2 Å². The Hall–Kier alpha value is -3.55. The Labute approximate surface area is 168 Å². The van der Waals surface area contributed by atoms with Crippen LogP contribution in [0, 0.1) is 13.8 Å². The molecule has 0 aliphatic rings. The van der Waals surface area contributed by atoms with Crippen LogP contribution in [0.3, 0.4) is 0 Å². The van der Waals surface area contributed by atoms with Crippen molar-refractivity contribution in [1.29, 1.82) is 0 Å². The normalized spacial score (nSPS) is 10.2. The number of methoxy groups -OCH3 is 2. The summed E-state index contributed by atoms with van der Waals surface area (Å²) in [5.74, 6) is -1.29. The highest BCUT2D eigenvalue weighted by atomic mass is 16.5. The average molecular weight is 401 g/mol. The average Bonchev–Trinajstić information content (AvgIpc) is 2.70. The topological polar surface area (TPSA) is 114 Å². The van der Waals surface area contributed by atoms with Crippen LogP contribution in [0.25, 0.3) is 0 Å². The fourth-order valence-electron chi connectivity index (χ4n) is 2.61. The van der Waals surface area contributed by atoms with E-state index >= 15 is 0 Å². The smallest absolute Gasteiger partial charge is 0.338 e. The molecule has 0 fully saturated rings. The zero-order chi connectivity index (χ0) is 21.6. The van der Waals surface area contributed by atoms with Crippen molar-refractivity contribution in [1.82, 2.24) is 0 Å². The summed E-state index contributed by atoms with van der Waals surface area (Å²) in [6, 6.07) is 8.22. The van der Waals surface area contributed by atoms with Gasteiger partial charge in [0.15, 0.2) is 24.7 Å². The monoisotopic (exact) mass is 401 g/mol. The highest BCUT2D eigenvalue weighted by Crippen LogP contribution is 2.38. The summed E-state index contributed by atoms with van der Waals surface area (Å²) in [7, 11) is 2.73. The van der Waals surface area contributed by atoms with E-state index in [1.807, 2.05) is 26.0 Å². The standard InChI is InChI=1S/C21H23NO7/c1-12-5-6-13(2)15(7-12)16(23)10-29-21(25)14-8-17(26-3)20(18(9-14)27-4)28-11-19(22)24/h5-9H,10-11H2,1-4H3,(H2,22,24). The SMILES string of the molecule is COc1cc(C(=O)OCC(=O)c2cc(C)ccc2C)cc(OC)c1OCC(N)=O. The molecule has 154 valence electrons. The van der Waals surface area contributed by atoms with Crippen LogP contribution in [-0.4, -0.2) is 45.1 Å². The molecule has 0 saturated heterocycles. The number of nitrogens with two attached hydrogens (primary N) is 1. The van der Waals surface area contributed by atoms with Crippen LogP contribution in [0.15, 0.2) is 30.3 Å². The number of ketones is 1. The number of esters is 1. The minimum atomic E-state index is -0.735. The second-order valence-corrected chi connectivity index (χ2v) is 6.28. The Kier molecular flexibility index (Phi) is 7.19. The lowest BCUT2D eigenvalue weighted by Crippen LogP contribution is -2.20. The molecule has 2 rings (SSSR count). The molecule has 0 bridgehead atoms. The Balaban J connectivity index is 2.18. The Morgan fingerprint density at radius 3 is 2.10 bits per heavy atom. The molecule has 1 amide bonds. The van der Waals surface area contributed by atoms with Crippen LogP contribution in [0.4, 0.5) is 0 Å². The van der Waals surface area contributed by atoms with E-state index in [0.717, 1.165) is 11.1 Å². The van der Waals surface area contributed by atoms with Gasteiger partial charge in [-0.1, -0.05) is 17.7 Å². The number of aryl methyl sites for hydroxylation is 2. The molecule has 8 nitrogen and oxygen atoms in total. The first kappa shape index (κ1) is 21.7. The maximum atomic E-state index is 12.4. The molecule has 29 heavy (non-hydrogen) atoms. The Morgan fingerprint density at radius 2 is 1.55 bits per heavy atom. The van der Waals surface area contributed by atoms with E-state index in [2.05, 4.69) is 0 Å². The van der Waals surface area contributed by atoms with Gasteiger partial charge in [0.25, 0.3) is 5.91 Å². The molecule has 0 aromatic heterocycles. The third-order valence-electron chi connectivity index (χ3n) is 4.08. The number of hydrogen-bond acceptors (Lipinski definition) is 7. The summed E-state index contributed by atoms with van der Waals surface area (Å²) in [6.45, 7) is 2.90. The summed E-state index contributed by atoms with van der Waals surface area (Å²) in [5, 5.41) is 0. The lowest BCUT2D eigenvalue weighted by atomic mass is 10.0. The first-order valence-corrected chi connectivity index (χ1v) is 8.71. The molecule has 2 aromatic carbocycles. The van der Waals surface area contributed by atoms with Gasteiger partial charge >= 0.3 is 5.97 Å². The summed E-state index contributed by atoms with van der Waals surface area (Å²) >= 11 is 0. The van der Waals surface area contributed by atoms with E-state index in [-0.39, 0.29) is 35.2 Å². The number of carbonyl (C=O) groups excluding carboxylic acids is 3. The van der Waals surface area contributed by atoms with Crippen LogP contribution in [-0.2, 0) is 9.53 Å². The Bertz CT molecular complexity index is 912. The number of amides is 1. The molecule has 0 radical (unpaired) electrons. The highest BCUT2D eigenvalue weighted by molar-refractivity contribution is 6.00. The molecule has 8 heteroatoms. The minimum absolute atomic E-state index is 0.0962. The van der Waals surface area contributed by atoms with Crippen LogP contribution in [0.2, 0.25) is 0 Å². The first-order valence-electron chi connectivity index (χ1n) is 8.71. The van der Waals surface area contributed by atoms with E-state index in [1.165, 1.54) is 26.4 Å². The summed E-state index contributed by atoms with van der Waals surface area (Å²) < 4.78 is 20.9. The number of rotatable bonds is 9. The van der Waals surface area contributed by atoms with E-state index in [0.29, 0.717) is 5.56 Å². The summed E-state index contributed by atoms with van der Waals surface area (Å²) in [4.78, 5) is 35.8. The van der Waals surface area contributed by atoms with Gasteiger partial charge in [0.1, 0.15) is 0 Å². The second kappa shape index (κ2) is 9.59. The van der Waals surface area contributed by atoms with Crippen LogP contribution in [0.5, 0.6) is 17.2 Å². The minimum Gasteiger partial charge on any atom is -0.493 e. The van der Waals surface area contributed by atoms with Gasteiger partial charge in [0.05, 0.1) is 19.8 Å². The fraction of sp³-hybridized carbons (Fsp3) is 0.286. The van der Waals surface area contributed by atoms with Crippen molar-refractivity contribution >= 4 is 17.7 Å². The Morgan fingerprint density at radius 1 is 0.931 bits per heavy atom. The number of Topliss-reactive ketones (excluding diaryl/α,β-unsaturated/α-hetero) is 1. The van der Waals surface area contributed by atoms with Crippen molar-refractivity contribution in [3.05, 3.63) is 52.6 Å². The van der Waals surface area contributed by atoms with Gasteiger partial charge in [0.2, 0.25) is 11.5 Å². The zero-order valence-electron chi connectivity index (χ0n) is 16.7. The van der Waals surface area contributed by atoms with Gasteiger partial charge < -0.3 is 24.7 Å². The molecule has 0 aliphatic heterocycles. The maximum absolute atomic E-state index is 12.4. The van der Waals surface area contributed by atoms with Gasteiger partial charge in [-0.2, -0.15) is 0 Å². The molecule has 0 aliphatic carbocycles. The molecule has 0 atom stereocenters. The summed E-state index contributed by atoms with van der Waals surface area (Å²) in [6.07, 6.45) is 0. The van der Waals surface area contributed by atoms with Gasteiger partial charge in [-0.25, -0.2) is 4.79 Å². The van der Waals surface area contributed by atoms with Gasteiger partial charge in [0, 0.05) is 5.56 Å². The van der Waals surface area contributed by atoms with Crippen molar-refractivity contribution in [2.24, 2.45) is 5.73 Å². The number of ether oxygens (including phenoxy) is 4. The molecule has 2 aromatic rings. The fourth-order valence-corrected chi connectivity index (χ4v) is 2.61. The van der Waals surface area contributed by atoms with E-state index in [1.54, 1.807) is 6.07 Å². The third kappa shape index (κ3) is 5.47. The number of carbonyl (C=O) groups is 3. The molecule has 2 N–H and O–H groups in total. The van der Waals surface area contributed by atoms with Crippen LogP contribution in [0.1, 0.15) is 31.8 Å². The molecule has 0 spiro atoms. The maximum Gasteiger partial charge on any atom is 0.338 e.